The second-order valence-corrected chi connectivity index (χ2v) is 7.86. The highest BCUT2D eigenvalue weighted by Gasteiger charge is 2.08. The Morgan fingerprint density at radius 2 is 1.56 bits per heavy atom. The van der Waals surface area contributed by atoms with E-state index in [0.717, 1.165) is 27.6 Å². The topological polar surface area (TPSA) is 25.8 Å². The van der Waals surface area contributed by atoms with Crippen molar-refractivity contribution in [2.24, 2.45) is 0 Å². The molecule has 0 spiro atoms. The van der Waals surface area contributed by atoms with E-state index in [-0.39, 0.29) is 0 Å². The van der Waals surface area contributed by atoms with Crippen molar-refractivity contribution in [3.05, 3.63) is 74.8 Å². The van der Waals surface area contributed by atoms with Crippen LogP contribution in [0.2, 0.25) is 10.0 Å². The van der Waals surface area contributed by atoms with Gasteiger partial charge in [-0.05, 0) is 73.4 Å². The third-order valence-corrected chi connectivity index (χ3v) is 5.86. The largest absolute Gasteiger partial charge is 0.149 e. The van der Waals surface area contributed by atoms with Crippen molar-refractivity contribution in [2.75, 3.05) is 0 Å². The molecule has 0 aliphatic rings. The van der Waals surface area contributed by atoms with E-state index in [1.807, 2.05) is 30.3 Å². The molecule has 0 bridgehead atoms. The molecule has 0 N–H and O–H groups in total. The Balaban J connectivity index is 1.74. The molecule has 1 heterocycles. The Kier molecular flexibility index (Phi) is 5.67. The third-order valence-electron chi connectivity index (χ3n) is 4.13. The molecule has 0 radical (unpaired) electrons. The van der Waals surface area contributed by atoms with Gasteiger partial charge < -0.3 is 0 Å². The molecule has 0 aliphatic heterocycles. The molecular weight excluding hydrogens is 371 g/mol. The maximum absolute atomic E-state index is 6.05. The van der Waals surface area contributed by atoms with E-state index in [4.69, 9.17) is 23.2 Å². The van der Waals surface area contributed by atoms with Gasteiger partial charge in [0.1, 0.15) is 5.03 Å². The summed E-state index contributed by atoms with van der Waals surface area (Å²) < 4.78 is 0. The van der Waals surface area contributed by atoms with Crippen LogP contribution in [-0.4, -0.2) is 10.2 Å². The van der Waals surface area contributed by atoms with Gasteiger partial charge in [-0.1, -0.05) is 47.1 Å². The Morgan fingerprint density at radius 1 is 0.800 bits per heavy atom. The predicted molar refractivity (Wildman–Crippen MR) is 108 cm³/mol. The van der Waals surface area contributed by atoms with E-state index in [1.165, 1.54) is 16.7 Å². The first-order chi connectivity index (χ1) is 11.9. The summed E-state index contributed by atoms with van der Waals surface area (Å²) in [4.78, 5) is 0. The van der Waals surface area contributed by atoms with Gasteiger partial charge in [-0.25, -0.2) is 0 Å². The molecular formula is C20H18Cl2N2S. The molecule has 3 aromatic rings. The monoisotopic (exact) mass is 388 g/mol. The van der Waals surface area contributed by atoms with Crippen molar-refractivity contribution in [3.63, 3.8) is 0 Å². The molecule has 0 unspecified atom stereocenters. The van der Waals surface area contributed by atoms with Gasteiger partial charge in [-0.2, -0.15) is 0 Å². The molecule has 2 nitrogen and oxygen atoms in total. The summed E-state index contributed by atoms with van der Waals surface area (Å²) >= 11 is 13.6. The van der Waals surface area contributed by atoms with Crippen LogP contribution in [0.1, 0.15) is 22.3 Å². The molecule has 0 saturated carbocycles. The first-order valence-corrected chi connectivity index (χ1v) is 9.67. The minimum absolute atomic E-state index is 0.573. The standard InChI is InChI=1S/C20H18Cl2N2S/c1-12-8-14(3)16(9-13(12)2)19-6-7-20(24-23-19)25-11-15-4-5-17(21)18(22)10-15/h4-10H,11H2,1-3H3. The molecule has 1 aromatic heterocycles. The third kappa shape index (κ3) is 4.35. The van der Waals surface area contributed by atoms with Gasteiger partial charge in [-0.3, -0.25) is 0 Å². The summed E-state index contributed by atoms with van der Waals surface area (Å²) in [5, 5.41) is 10.8. The number of rotatable bonds is 4. The summed E-state index contributed by atoms with van der Waals surface area (Å²) in [5.74, 6) is 0.771. The van der Waals surface area contributed by atoms with Gasteiger partial charge in [0.25, 0.3) is 0 Å². The number of thioether (sulfide) groups is 1. The molecule has 0 atom stereocenters. The molecule has 25 heavy (non-hydrogen) atoms. The van der Waals surface area contributed by atoms with Crippen LogP contribution in [0.15, 0.2) is 47.5 Å². The molecule has 3 rings (SSSR count). The summed E-state index contributed by atoms with van der Waals surface area (Å²) in [6, 6.07) is 14.1. The number of aryl methyl sites for hydroxylation is 3. The minimum atomic E-state index is 0.573. The zero-order valence-corrected chi connectivity index (χ0v) is 16.6. The lowest BCUT2D eigenvalue weighted by Gasteiger charge is -2.09. The smallest absolute Gasteiger partial charge is 0.119 e. The van der Waals surface area contributed by atoms with Crippen LogP contribution in [0, 0.1) is 20.8 Å². The molecule has 2 aromatic carbocycles. The average molecular weight is 389 g/mol. The zero-order chi connectivity index (χ0) is 18.0. The maximum Gasteiger partial charge on any atom is 0.119 e. The zero-order valence-electron chi connectivity index (χ0n) is 14.3. The highest BCUT2D eigenvalue weighted by molar-refractivity contribution is 7.98. The Bertz CT molecular complexity index is 908. The van der Waals surface area contributed by atoms with Gasteiger partial charge in [0.05, 0.1) is 15.7 Å². The quantitative estimate of drug-likeness (QED) is 0.466. The number of hydrogen-bond acceptors (Lipinski definition) is 3. The van der Waals surface area contributed by atoms with Crippen molar-refractivity contribution < 1.29 is 0 Å². The summed E-state index contributed by atoms with van der Waals surface area (Å²) in [5.41, 5.74) is 6.92. The van der Waals surface area contributed by atoms with Crippen molar-refractivity contribution in [2.45, 2.75) is 31.6 Å². The van der Waals surface area contributed by atoms with Gasteiger partial charge in [0, 0.05) is 11.3 Å². The number of benzene rings is 2. The summed E-state index contributed by atoms with van der Waals surface area (Å²) in [6.07, 6.45) is 0. The Labute approximate surface area is 162 Å². The number of nitrogens with zero attached hydrogens (tertiary/aromatic N) is 2. The Hall–Kier alpha value is -1.55. The fourth-order valence-corrected chi connectivity index (χ4v) is 3.64. The lowest BCUT2D eigenvalue weighted by Crippen LogP contribution is -1.94. The SMILES string of the molecule is Cc1cc(C)c(-c2ccc(SCc3ccc(Cl)c(Cl)c3)nn2)cc1C. The normalized spacial score (nSPS) is 10.9. The van der Waals surface area contributed by atoms with E-state index in [1.54, 1.807) is 11.8 Å². The Morgan fingerprint density at radius 3 is 2.24 bits per heavy atom. The first kappa shape index (κ1) is 18.2. The van der Waals surface area contributed by atoms with Gasteiger partial charge in [-0.15, -0.1) is 10.2 Å². The number of hydrogen-bond donors (Lipinski definition) is 0. The van der Waals surface area contributed by atoms with Gasteiger partial charge in [0.15, 0.2) is 0 Å². The lowest BCUT2D eigenvalue weighted by molar-refractivity contribution is 0.934. The predicted octanol–water partition coefficient (Wildman–Crippen LogP) is 6.67. The van der Waals surface area contributed by atoms with E-state index in [9.17, 15) is 0 Å². The molecule has 5 heteroatoms. The highest BCUT2D eigenvalue weighted by atomic mass is 35.5. The number of halogens is 2. The second-order valence-electron chi connectivity index (χ2n) is 6.05. The lowest BCUT2D eigenvalue weighted by atomic mass is 9.99. The van der Waals surface area contributed by atoms with E-state index in [2.05, 4.69) is 43.1 Å². The summed E-state index contributed by atoms with van der Waals surface area (Å²) in [6.45, 7) is 6.35. The van der Waals surface area contributed by atoms with Crippen molar-refractivity contribution >= 4 is 35.0 Å². The molecule has 0 fully saturated rings. The fourth-order valence-electron chi connectivity index (χ4n) is 2.56. The van der Waals surface area contributed by atoms with Crippen molar-refractivity contribution in [1.82, 2.24) is 10.2 Å². The summed E-state index contributed by atoms with van der Waals surface area (Å²) in [7, 11) is 0. The highest BCUT2D eigenvalue weighted by Crippen LogP contribution is 2.28. The van der Waals surface area contributed by atoms with E-state index < -0.39 is 0 Å². The fraction of sp³-hybridized carbons (Fsp3) is 0.200. The molecule has 0 amide bonds. The molecule has 0 aliphatic carbocycles. The van der Waals surface area contributed by atoms with Crippen LogP contribution in [0.5, 0.6) is 0 Å². The van der Waals surface area contributed by atoms with E-state index in [0.29, 0.717) is 10.0 Å². The van der Waals surface area contributed by atoms with Crippen LogP contribution in [0.4, 0.5) is 0 Å². The van der Waals surface area contributed by atoms with Crippen LogP contribution < -0.4 is 0 Å². The van der Waals surface area contributed by atoms with Crippen LogP contribution >= 0.6 is 35.0 Å². The van der Waals surface area contributed by atoms with Crippen LogP contribution in [0.3, 0.4) is 0 Å². The van der Waals surface area contributed by atoms with Crippen molar-refractivity contribution in [1.29, 1.82) is 0 Å². The van der Waals surface area contributed by atoms with Crippen LogP contribution in [-0.2, 0) is 5.75 Å². The average Bonchev–Trinajstić information content (AvgIpc) is 2.60. The van der Waals surface area contributed by atoms with Gasteiger partial charge >= 0.3 is 0 Å². The minimum Gasteiger partial charge on any atom is -0.149 e. The van der Waals surface area contributed by atoms with E-state index >= 15 is 0 Å². The van der Waals surface area contributed by atoms with Crippen LogP contribution in [0.25, 0.3) is 11.3 Å². The number of aromatic nitrogens is 2. The molecule has 0 saturated heterocycles. The maximum atomic E-state index is 6.05. The first-order valence-electron chi connectivity index (χ1n) is 7.92. The van der Waals surface area contributed by atoms with Gasteiger partial charge in [0.2, 0.25) is 0 Å². The molecule has 128 valence electrons. The van der Waals surface area contributed by atoms with Crippen molar-refractivity contribution in [3.8, 4) is 11.3 Å². The second kappa shape index (κ2) is 7.77.